The summed E-state index contributed by atoms with van der Waals surface area (Å²) in [5, 5.41) is 3.10. The van der Waals surface area contributed by atoms with Crippen molar-refractivity contribution in [1.29, 1.82) is 0 Å². The van der Waals surface area contributed by atoms with Gasteiger partial charge >= 0.3 is 0 Å². The number of hydrogen-bond acceptors (Lipinski definition) is 3. The second-order valence-electron chi connectivity index (χ2n) is 3.40. The first-order chi connectivity index (χ1) is 6.74. The topological polar surface area (TPSA) is 24.5 Å². The molecule has 0 aliphatic heterocycles. The zero-order valence-electron chi connectivity index (χ0n) is 9.08. The van der Waals surface area contributed by atoms with Crippen molar-refractivity contribution in [3.8, 4) is 5.75 Å². The molecule has 78 valence electrons. The van der Waals surface area contributed by atoms with E-state index >= 15 is 0 Å². The van der Waals surface area contributed by atoms with Crippen LogP contribution < -0.4 is 10.1 Å². The minimum atomic E-state index is 0.714. The third kappa shape index (κ3) is 3.26. The van der Waals surface area contributed by atoms with Crippen LogP contribution in [0.4, 0.5) is 5.69 Å². The lowest BCUT2D eigenvalue weighted by Crippen LogP contribution is -2.19. The molecule has 14 heavy (non-hydrogen) atoms. The van der Waals surface area contributed by atoms with Crippen molar-refractivity contribution in [3.05, 3.63) is 24.3 Å². The Morgan fingerprint density at radius 3 is 2.64 bits per heavy atom. The molecule has 0 saturated heterocycles. The van der Waals surface area contributed by atoms with Crippen LogP contribution in [0, 0.1) is 0 Å². The SMILES string of the molecule is CNc1ccccc1OCCN(C)C. The Labute approximate surface area is 85.7 Å². The van der Waals surface area contributed by atoms with Gasteiger partial charge in [-0.1, -0.05) is 12.1 Å². The van der Waals surface area contributed by atoms with Gasteiger partial charge in [-0.15, -0.1) is 0 Å². The molecule has 0 bridgehead atoms. The largest absolute Gasteiger partial charge is 0.490 e. The fraction of sp³-hybridized carbons (Fsp3) is 0.455. The van der Waals surface area contributed by atoms with Crippen molar-refractivity contribution >= 4 is 5.69 Å². The summed E-state index contributed by atoms with van der Waals surface area (Å²) >= 11 is 0. The summed E-state index contributed by atoms with van der Waals surface area (Å²) in [6, 6.07) is 7.95. The minimum absolute atomic E-state index is 0.714. The number of ether oxygens (including phenoxy) is 1. The molecule has 1 aromatic carbocycles. The van der Waals surface area contributed by atoms with E-state index in [0.717, 1.165) is 18.0 Å². The summed E-state index contributed by atoms with van der Waals surface area (Å²) in [6.45, 7) is 1.64. The second-order valence-corrected chi connectivity index (χ2v) is 3.40. The molecule has 0 aromatic heterocycles. The van der Waals surface area contributed by atoms with E-state index in [9.17, 15) is 0 Å². The molecule has 0 amide bonds. The average Bonchev–Trinajstić information content (AvgIpc) is 2.18. The van der Waals surface area contributed by atoms with Crippen LogP contribution in [0.2, 0.25) is 0 Å². The quantitative estimate of drug-likeness (QED) is 0.771. The van der Waals surface area contributed by atoms with Crippen LogP contribution in [0.5, 0.6) is 5.75 Å². The Bertz CT molecular complexity index is 274. The van der Waals surface area contributed by atoms with Crippen LogP contribution in [0.15, 0.2) is 24.3 Å². The molecule has 0 aliphatic rings. The maximum Gasteiger partial charge on any atom is 0.142 e. The molecule has 1 aromatic rings. The van der Waals surface area contributed by atoms with Crippen molar-refractivity contribution in [2.24, 2.45) is 0 Å². The highest BCUT2D eigenvalue weighted by atomic mass is 16.5. The van der Waals surface area contributed by atoms with Gasteiger partial charge in [0.1, 0.15) is 12.4 Å². The van der Waals surface area contributed by atoms with Gasteiger partial charge in [0.2, 0.25) is 0 Å². The number of benzene rings is 1. The third-order valence-corrected chi connectivity index (χ3v) is 1.95. The highest BCUT2D eigenvalue weighted by molar-refractivity contribution is 5.55. The predicted octanol–water partition coefficient (Wildman–Crippen LogP) is 1.67. The molecule has 0 radical (unpaired) electrons. The monoisotopic (exact) mass is 194 g/mol. The Balaban J connectivity index is 2.49. The Morgan fingerprint density at radius 1 is 1.29 bits per heavy atom. The molecule has 0 atom stereocenters. The molecule has 0 spiro atoms. The molecule has 3 nitrogen and oxygen atoms in total. The fourth-order valence-corrected chi connectivity index (χ4v) is 1.14. The van der Waals surface area contributed by atoms with E-state index in [1.54, 1.807) is 0 Å². The van der Waals surface area contributed by atoms with Gasteiger partial charge in [0.25, 0.3) is 0 Å². The summed E-state index contributed by atoms with van der Waals surface area (Å²) in [5.41, 5.74) is 1.03. The van der Waals surface area contributed by atoms with Crippen LogP contribution in [0.3, 0.4) is 0 Å². The number of anilines is 1. The number of hydrogen-bond donors (Lipinski definition) is 1. The standard InChI is InChI=1S/C11H18N2O/c1-12-10-6-4-5-7-11(10)14-9-8-13(2)3/h4-7,12H,8-9H2,1-3H3. The Hall–Kier alpha value is -1.22. The number of para-hydroxylation sites is 2. The maximum absolute atomic E-state index is 5.63. The maximum atomic E-state index is 5.63. The zero-order valence-corrected chi connectivity index (χ0v) is 9.08. The van der Waals surface area contributed by atoms with Gasteiger partial charge in [0.05, 0.1) is 5.69 Å². The summed E-state index contributed by atoms with van der Waals surface area (Å²) in [7, 11) is 5.97. The predicted molar refractivity (Wildman–Crippen MR) is 60.0 cm³/mol. The van der Waals surface area contributed by atoms with E-state index in [2.05, 4.69) is 10.2 Å². The van der Waals surface area contributed by atoms with Crippen molar-refractivity contribution < 1.29 is 4.74 Å². The van der Waals surface area contributed by atoms with E-state index in [1.807, 2.05) is 45.4 Å². The number of nitrogens with one attached hydrogen (secondary N) is 1. The smallest absolute Gasteiger partial charge is 0.142 e. The first-order valence-electron chi connectivity index (χ1n) is 4.78. The molecular formula is C11H18N2O. The Kier molecular flexibility index (Phi) is 4.26. The molecule has 1 rings (SSSR count). The van der Waals surface area contributed by atoms with E-state index in [0.29, 0.717) is 6.61 Å². The van der Waals surface area contributed by atoms with Crippen molar-refractivity contribution in [2.45, 2.75) is 0 Å². The normalized spacial score (nSPS) is 10.3. The van der Waals surface area contributed by atoms with Crippen molar-refractivity contribution in [1.82, 2.24) is 4.90 Å². The van der Waals surface area contributed by atoms with Gasteiger partial charge < -0.3 is 15.0 Å². The molecule has 3 heteroatoms. The highest BCUT2D eigenvalue weighted by Crippen LogP contribution is 2.22. The lowest BCUT2D eigenvalue weighted by Gasteiger charge is -2.13. The number of likely N-dealkylation sites (N-methyl/N-ethyl adjacent to an activating group) is 1. The molecule has 0 heterocycles. The number of nitrogens with zero attached hydrogens (tertiary/aromatic N) is 1. The summed E-state index contributed by atoms with van der Waals surface area (Å²) < 4.78 is 5.63. The van der Waals surface area contributed by atoms with E-state index in [1.165, 1.54) is 0 Å². The average molecular weight is 194 g/mol. The fourth-order valence-electron chi connectivity index (χ4n) is 1.14. The lowest BCUT2D eigenvalue weighted by atomic mass is 10.3. The van der Waals surface area contributed by atoms with Gasteiger partial charge in [-0.05, 0) is 26.2 Å². The molecule has 1 N–H and O–H groups in total. The van der Waals surface area contributed by atoms with Crippen LogP contribution in [-0.4, -0.2) is 39.2 Å². The highest BCUT2D eigenvalue weighted by Gasteiger charge is 1.99. The van der Waals surface area contributed by atoms with Gasteiger partial charge in [0, 0.05) is 13.6 Å². The number of rotatable bonds is 5. The molecule has 0 saturated carbocycles. The van der Waals surface area contributed by atoms with E-state index in [-0.39, 0.29) is 0 Å². The first kappa shape index (κ1) is 10.9. The van der Waals surface area contributed by atoms with Crippen LogP contribution in [0.1, 0.15) is 0 Å². The zero-order chi connectivity index (χ0) is 10.4. The minimum Gasteiger partial charge on any atom is -0.490 e. The van der Waals surface area contributed by atoms with Gasteiger partial charge in [-0.2, -0.15) is 0 Å². The first-order valence-corrected chi connectivity index (χ1v) is 4.78. The third-order valence-electron chi connectivity index (χ3n) is 1.95. The van der Waals surface area contributed by atoms with E-state index in [4.69, 9.17) is 4.74 Å². The van der Waals surface area contributed by atoms with Crippen LogP contribution in [0.25, 0.3) is 0 Å². The Morgan fingerprint density at radius 2 is 2.00 bits per heavy atom. The van der Waals surface area contributed by atoms with Crippen LogP contribution >= 0.6 is 0 Å². The van der Waals surface area contributed by atoms with E-state index < -0.39 is 0 Å². The molecule has 0 aliphatic carbocycles. The van der Waals surface area contributed by atoms with Gasteiger partial charge in [0.15, 0.2) is 0 Å². The lowest BCUT2D eigenvalue weighted by molar-refractivity contribution is 0.262. The van der Waals surface area contributed by atoms with Crippen molar-refractivity contribution in [3.63, 3.8) is 0 Å². The summed E-state index contributed by atoms with van der Waals surface area (Å²) in [5.74, 6) is 0.914. The second kappa shape index (κ2) is 5.50. The van der Waals surface area contributed by atoms with Gasteiger partial charge in [-0.25, -0.2) is 0 Å². The molecule has 0 fully saturated rings. The van der Waals surface area contributed by atoms with Crippen LogP contribution in [-0.2, 0) is 0 Å². The summed E-state index contributed by atoms with van der Waals surface area (Å²) in [4.78, 5) is 2.10. The van der Waals surface area contributed by atoms with Gasteiger partial charge in [-0.3, -0.25) is 0 Å². The molecular weight excluding hydrogens is 176 g/mol. The summed E-state index contributed by atoms with van der Waals surface area (Å²) in [6.07, 6.45) is 0. The molecule has 0 unspecified atom stereocenters. The van der Waals surface area contributed by atoms with Crippen molar-refractivity contribution in [2.75, 3.05) is 39.6 Å².